The predicted molar refractivity (Wildman–Crippen MR) is 104 cm³/mol. The summed E-state index contributed by atoms with van der Waals surface area (Å²) >= 11 is 14.0. The summed E-state index contributed by atoms with van der Waals surface area (Å²) in [6.07, 6.45) is 1.58. The van der Waals surface area contributed by atoms with Gasteiger partial charge in [0.1, 0.15) is 10.2 Å². The van der Waals surface area contributed by atoms with Gasteiger partial charge < -0.3 is 0 Å². The van der Waals surface area contributed by atoms with Crippen molar-refractivity contribution in [2.45, 2.75) is 22.3 Å². The Morgan fingerprint density at radius 1 is 1.00 bits per heavy atom. The van der Waals surface area contributed by atoms with Gasteiger partial charge in [0.25, 0.3) is 0 Å². The van der Waals surface area contributed by atoms with E-state index in [0.717, 1.165) is 35.3 Å². The van der Waals surface area contributed by atoms with Crippen molar-refractivity contribution < 1.29 is 0 Å². The van der Waals surface area contributed by atoms with E-state index in [-0.39, 0.29) is 0 Å². The molecule has 1 aromatic heterocycles. The molecule has 0 saturated heterocycles. The Hall–Kier alpha value is -1.49. The van der Waals surface area contributed by atoms with Crippen molar-refractivity contribution in [1.29, 1.82) is 0 Å². The number of hydrogen-bond donors (Lipinski definition) is 0. The molecule has 2 aromatic carbocycles. The molecule has 128 valence electrons. The minimum absolute atomic E-state index is 0.319. The van der Waals surface area contributed by atoms with Crippen LogP contribution in [0.5, 0.6) is 0 Å². The Kier molecular flexibility index (Phi) is 4.76. The maximum Gasteiger partial charge on any atom is 0.195 e. The second kappa shape index (κ2) is 7.02. The van der Waals surface area contributed by atoms with Crippen LogP contribution in [0.2, 0.25) is 0 Å². The molecule has 1 atom stereocenters. The van der Waals surface area contributed by atoms with E-state index in [2.05, 4.69) is 39.0 Å². The number of aromatic nitrogens is 3. The molecule has 0 spiro atoms. The van der Waals surface area contributed by atoms with Gasteiger partial charge in [0.2, 0.25) is 0 Å². The summed E-state index contributed by atoms with van der Waals surface area (Å²) in [7, 11) is 0. The van der Waals surface area contributed by atoms with Crippen molar-refractivity contribution >= 4 is 35.0 Å². The lowest BCUT2D eigenvalue weighted by Crippen LogP contribution is -2.04. The quantitative estimate of drug-likeness (QED) is 0.431. The Morgan fingerprint density at radius 2 is 1.64 bits per heavy atom. The molecule has 1 aliphatic carbocycles. The third kappa shape index (κ3) is 3.86. The van der Waals surface area contributed by atoms with Crippen LogP contribution >= 0.6 is 35.0 Å². The molecule has 4 rings (SSSR count). The molecule has 0 bridgehead atoms. The molecule has 6 heteroatoms. The van der Waals surface area contributed by atoms with E-state index < -0.39 is 4.33 Å². The topological polar surface area (TPSA) is 30.7 Å². The Morgan fingerprint density at radius 3 is 2.28 bits per heavy atom. The molecule has 3 aromatic rings. The van der Waals surface area contributed by atoms with E-state index in [9.17, 15) is 0 Å². The van der Waals surface area contributed by atoms with Crippen LogP contribution < -0.4 is 0 Å². The molecule has 1 fully saturated rings. The number of thioether (sulfide) groups is 1. The first-order chi connectivity index (χ1) is 12.1. The van der Waals surface area contributed by atoms with Crippen molar-refractivity contribution in [3.05, 3.63) is 72.1 Å². The van der Waals surface area contributed by atoms with Gasteiger partial charge in [-0.25, -0.2) is 0 Å². The van der Waals surface area contributed by atoms with Gasteiger partial charge in [0.15, 0.2) is 5.16 Å². The van der Waals surface area contributed by atoms with Crippen molar-refractivity contribution in [2.75, 3.05) is 5.75 Å². The number of hydrogen-bond acceptors (Lipinski definition) is 3. The Balaban J connectivity index is 1.62. The minimum Gasteiger partial charge on any atom is -0.274 e. The second-order valence-corrected chi connectivity index (χ2v) is 8.73. The number of rotatable bonds is 6. The summed E-state index contributed by atoms with van der Waals surface area (Å²) in [6, 6.07) is 20.5. The monoisotopic (exact) mass is 389 g/mol. The van der Waals surface area contributed by atoms with Crippen molar-refractivity contribution in [1.82, 2.24) is 14.8 Å². The molecule has 1 aliphatic rings. The summed E-state index contributed by atoms with van der Waals surface area (Å²) in [5.74, 6) is 2.10. The highest BCUT2D eigenvalue weighted by Gasteiger charge is 2.51. The second-order valence-electron chi connectivity index (χ2n) is 6.21. The average molecular weight is 390 g/mol. The normalized spacial score (nSPS) is 18.2. The van der Waals surface area contributed by atoms with Crippen LogP contribution in [0.25, 0.3) is 5.69 Å². The first-order valence-corrected chi connectivity index (χ1v) is 9.92. The first-order valence-electron chi connectivity index (χ1n) is 8.18. The van der Waals surface area contributed by atoms with Crippen LogP contribution in [-0.2, 0) is 6.42 Å². The molecule has 0 aliphatic heterocycles. The zero-order valence-corrected chi connectivity index (χ0v) is 15.8. The van der Waals surface area contributed by atoms with E-state index >= 15 is 0 Å². The maximum atomic E-state index is 6.15. The van der Waals surface area contributed by atoms with Crippen LogP contribution in [0.4, 0.5) is 0 Å². The molecular formula is C19H17Cl2N3S. The summed E-state index contributed by atoms with van der Waals surface area (Å²) in [5, 5.41) is 9.76. The van der Waals surface area contributed by atoms with Crippen LogP contribution in [0.15, 0.2) is 65.8 Å². The predicted octanol–water partition coefficient (Wildman–Crippen LogP) is 5.14. The van der Waals surface area contributed by atoms with Gasteiger partial charge in [-0.3, -0.25) is 4.57 Å². The number of nitrogens with zero attached hydrogens (tertiary/aromatic N) is 3. The third-order valence-electron chi connectivity index (χ3n) is 4.29. The molecule has 1 heterocycles. The van der Waals surface area contributed by atoms with Gasteiger partial charge in [-0.05, 0) is 24.1 Å². The molecular weight excluding hydrogens is 373 g/mol. The summed E-state index contributed by atoms with van der Waals surface area (Å²) < 4.78 is 1.57. The molecule has 0 N–H and O–H groups in total. The lowest BCUT2D eigenvalue weighted by atomic mass is 10.1. The average Bonchev–Trinajstić information content (AvgIpc) is 3.06. The summed E-state index contributed by atoms with van der Waals surface area (Å²) in [6.45, 7) is 0. The molecule has 1 saturated carbocycles. The van der Waals surface area contributed by atoms with Crippen molar-refractivity contribution in [2.24, 2.45) is 5.92 Å². The lowest BCUT2D eigenvalue weighted by molar-refractivity contribution is 0.844. The number of halogens is 2. The first kappa shape index (κ1) is 17.0. The SMILES string of the molecule is ClC1(Cl)C[C@H]1CSc1nnc(Cc2ccccc2)n1-c1ccccc1. The fourth-order valence-electron chi connectivity index (χ4n) is 2.75. The molecule has 0 amide bonds. The molecule has 0 unspecified atom stereocenters. The Labute approximate surface area is 161 Å². The van der Waals surface area contributed by atoms with Crippen LogP contribution in [0.3, 0.4) is 0 Å². The largest absolute Gasteiger partial charge is 0.274 e. The van der Waals surface area contributed by atoms with E-state index in [1.165, 1.54) is 5.56 Å². The van der Waals surface area contributed by atoms with E-state index in [1.807, 2.05) is 36.4 Å². The highest BCUT2D eigenvalue weighted by Crippen LogP contribution is 2.54. The standard InChI is InChI=1S/C19H17Cl2N3S/c20-19(21)12-15(19)13-25-18-23-22-17(11-14-7-3-1-4-8-14)24(18)16-9-5-2-6-10-16/h1-10,15H,11-13H2/t15-/m0/s1. The smallest absolute Gasteiger partial charge is 0.195 e. The van der Waals surface area contributed by atoms with E-state index in [4.69, 9.17) is 23.2 Å². The fourth-order valence-corrected chi connectivity index (χ4v) is 4.65. The number of benzene rings is 2. The highest BCUT2D eigenvalue weighted by atomic mass is 35.5. The van der Waals surface area contributed by atoms with E-state index in [0.29, 0.717) is 5.92 Å². The van der Waals surface area contributed by atoms with Crippen LogP contribution in [-0.4, -0.2) is 24.9 Å². The number of alkyl halides is 2. The molecule has 25 heavy (non-hydrogen) atoms. The van der Waals surface area contributed by atoms with Crippen molar-refractivity contribution in [3.63, 3.8) is 0 Å². The minimum atomic E-state index is -0.558. The molecule has 0 radical (unpaired) electrons. The maximum absolute atomic E-state index is 6.15. The van der Waals surface area contributed by atoms with Gasteiger partial charge >= 0.3 is 0 Å². The van der Waals surface area contributed by atoms with Gasteiger partial charge in [-0.15, -0.1) is 33.4 Å². The molecule has 3 nitrogen and oxygen atoms in total. The zero-order chi connectivity index (χ0) is 17.3. The zero-order valence-electron chi connectivity index (χ0n) is 13.5. The third-order valence-corrected chi connectivity index (χ3v) is 6.31. The fraction of sp³-hybridized carbons (Fsp3) is 0.263. The van der Waals surface area contributed by atoms with E-state index in [1.54, 1.807) is 11.8 Å². The van der Waals surface area contributed by atoms with Crippen molar-refractivity contribution in [3.8, 4) is 5.69 Å². The summed E-state index contributed by atoms with van der Waals surface area (Å²) in [5.41, 5.74) is 2.28. The summed E-state index contributed by atoms with van der Waals surface area (Å²) in [4.78, 5) is 0. The lowest BCUT2D eigenvalue weighted by Gasteiger charge is -2.10. The van der Waals surface area contributed by atoms with Gasteiger partial charge in [-0.1, -0.05) is 60.3 Å². The number of para-hydroxylation sites is 1. The highest BCUT2D eigenvalue weighted by molar-refractivity contribution is 7.99. The van der Waals surface area contributed by atoms with Crippen LogP contribution in [0.1, 0.15) is 17.8 Å². The van der Waals surface area contributed by atoms with Gasteiger partial charge in [-0.2, -0.15) is 0 Å². The van der Waals surface area contributed by atoms with Gasteiger partial charge in [0, 0.05) is 23.8 Å². The Bertz CT molecular complexity index is 850. The van der Waals surface area contributed by atoms with Gasteiger partial charge in [0.05, 0.1) is 0 Å². The van der Waals surface area contributed by atoms with Crippen LogP contribution in [0, 0.1) is 5.92 Å².